The van der Waals surface area contributed by atoms with Gasteiger partial charge in [-0.05, 0) is 48.9 Å². The Morgan fingerprint density at radius 3 is 2.69 bits per heavy atom. The van der Waals surface area contributed by atoms with Crippen LogP contribution in [0.4, 0.5) is 0 Å². The molecular weight excluding hydrogens is 539 g/mol. The molecule has 0 radical (unpaired) electrons. The highest BCUT2D eigenvalue weighted by Crippen LogP contribution is 2.19. The molecule has 7 nitrogen and oxygen atoms in total. The Bertz CT molecular complexity index is 1170. The Labute approximate surface area is 208 Å². The van der Waals surface area contributed by atoms with Gasteiger partial charge in [-0.2, -0.15) is 4.98 Å². The molecule has 0 aliphatic rings. The molecule has 166 valence electrons. The van der Waals surface area contributed by atoms with Crippen molar-refractivity contribution < 1.29 is 4.52 Å². The van der Waals surface area contributed by atoms with Crippen molar-refractivity contribution in [3.63, 3.8) is 0 Å². The molecule has 32 heavy (non-hydrogen) atoms. The minimum atomic E-state index is 0. The molecule has 2 aromatic carbocycles. The van der Waals surface area contributed by atoms with E-state index in [4.69, 9.17) is 21.1 Å². The van der Waals surface area contributed by atoms with E-state index in [0.29, 0.717) is 36.2 Å². The lowest BCUT2D eigenvalue weighted by Crippen LogP contribution is -2.38. The van der Waals surface area contributed by atoms with Crippen LogP contribution in [-0.4, -0.2) is 34.2 Å². The molecule has 2 heterocycles. The third-order valence-corrected chi connectivity index (χ3v) is 4.94. The van der Waals surface area contributed by atoms with E-state index in [2.05, 4.69) is 31.8 Å². The summed E-state index contributed by atoms with van der Waals surface area (Å²) in [6, 6.07) is 17.4. The number of benzene rings is 2. The second kappa shape index (κ2) is 11.8. The van der Waals surface area contributed by atoms with Crippen molar-refractivity contribution in [2.24, 2.45) is 4.99 Å². The zero-order valence-electron chi connectivity index (χ0n) is 17.6. The van der Waals surface area contributed by atoms with E-state index in [9.17, 15) is 0 Å². The van der Waals surface area contributed by atoms with Gasteiger partial charge in [0.1, 0.15) is 0 Å². The lowest BCUT2D eigenvalue weighted by atomic mass is 10.1. The van der Waals surface area contributed by atoms with Gasteiger partial charge in [0.2, 0.25) is 11.7 Å². The highest BCUT2D eigenvalue weighted by Gasteiger charge is 2.09. The van der Waals surface area contributed by atoms with E-state index in [-0.39, 0.29) is 24.0 Å². The topological polar surface area (TPSA) is 88.2 Å². The zero-order chi connectivity index (χ0) is 21.5. The Morgan fingerprint density at radius 1 is 1.06 bits per heavy atom. The molecule has 9 heteroatoms. The summed E-state index contributed by atoms with van der Waals surface area (Å²) in [5.41, 5.74) is 2.97. The number of hydrogen-bond donors (Lipinski definition) is 2. The number of guanidine groups is 1. The van der Waals surface area contributed by atoms with Crippen LogP contribution in [0.1, 0.15) is 18.4 Å². The summed E-state index contributed by atoms with van der Waals surface area (Å²) in [6.07, 6.45) is 2.41. The molecule has 0 spiro atoms. The normalized spacial score (nSPS) is 11.2. The summed E-state index contributed by atoms with van der Waals surface area (Å²) in [4.78, 5) is 13.6. The van der Waals surface area contributed by atoms with Crippen LogP contribution in [0.2, 0.25) is 5.02 Å². The van der Waals surface area contributed by atoms with Crippen molar-refractivity contribution in [2.45, 2.75) is 19.9 Å². The smallest absolute Gasteiger partial charge is 0.228 e. The Balaban J connectivity index is 0.00000289. The molecule has 0 amide bonds. The summed E-state index contributed by atoms with van der Waals surface area (Å²) in [5, 5.41) is 12.4. The summed E-state index contributed by atoms with van der Waals surface area (Å²) >= 11 is 5.93. The fraction of sp³-hybridized carbons (Fsp3) is 0.217. The van der Waals surface area contributed by atoms with Crippen LogP contribution >= 0.6 is 35.6 Å². The molecule has 0 aliphatic heterocycles. The number of fused-ring (bicyclic) bond motifs is 1. The monoisotopic (exact) mass is 562 g/mol. The maximum Gasteiger partial charge on any atom is 0.228 e. The molecule has 0 bridgehead atoms. The average molecular weight is 563 g/mol. The second-order valence-electron chi connectivity index (χ2n) is 6.88. The van der Waals surface area contributed by atoms with Crippen molar-refractivity contribution in [2.75, 3.05) is 13.1 Å². The molecule has 0 atom stereocenters. The molecule has 4 aromatic rings. The number of rotatable bonds is 7. The number of hydrogen-bond acceptors (Lipinski definition) is 5. The van der Waals surface area contributed by atoms with Gasteiger partial charge in [-0.1, -0.05) is 35.0 Å². The van der Waals surface area contributed by atoms with Crippen molar-refractivity contribution in [1.29, 1.82) is 0 Å². The van der Waals surface area contributed by atoms with E-state index in [1.807, 2.05) is 49.5 Å². The molecule has 4 rings (SSSR count). The number of halogens is 2. The zero-order valence-corrected chi connectivity index (χ0v) is 20.7. The number of pyridine rings is 1. The number of aromatic nitrogens is 3. The lowest BCUT2D eigenvalue weighted by molar-refractivity contribution is 0.378. The van der Waals surface area contributed by atoms with Gasteiger partial charge < -0.3 is 15.2 Å². The maximum absolute atomic E-state index is 5.93. The molecule has 2 N–H and O–H groups in total. The predicted octanol–water partition coefficient (Wildman–Crippen LogP) is 4.85. The average Bonchev–Trinajstić information content (AvgIpc) is 3.27. The minimum absolute atomic E-state index is 0. The van der Waals surface area contributed by atoms with Crippen molar-refractivity contribution in [3.8, 4) is 11.4 Å². The third-order valence-electron chi connectivity index (χ3n) is 4.69. The van der Waals surface area contributed by atoms with Gasteiger partial charge in [0.05, 0.1) is 12.1 Å². The summed E-state index contributed by atoms with van der Waals surface area (Å²) in [5.74, 6) is 1.85. The van der Waals surface area contributed by atoms with Gasteiger partial charge >= 0.3 is 0 Å². The summed E-state index contributed by atoms with van der Waals surface area (Å²) in [7, 11) is 0. The molecule has 2 aromatic heterocycles. The van der Waals surface area contributed by atoms with E-state index >= 15 is 0 Å². The van der Waals surface area contributed by atoms with Crippen LogP contribution in [0.25, 0.3) is 22.3 Å². The van der Waals surface area contributed by atoms with Crippen LogP contribution in [0, 0.1) is 0 Å². The number of nitrogens with zero attached hydrogens (tertiary/aromatic N) is 4. The first-order valence-corrected chi connectivity index (χ1v) is 10.5. The third kappa shape index (κ3) is 6.17. The quantitative estimate of drug-likeness (QED) is 0.190. The van der Waals surface area contributed by atoms with Gasteiger partial charge in [0.15, 0.2) is 5.96 Å². The highest BCUT2D eigenvalue weighted by molar-refractivity contribution is 14.0. The van der Waals surface area contributed by atoms with Crippen LogP contribution in [0.5, 0.6) is 0 Å². The molecule has 0 aliphatic carbocycles. The first-order valence-electron chi connectivity index (χ1n) is 10.2. The molecule has 0 fully saturated rings. The van der Waals surface area contributed by atoms with E-state index in [1.54, 1.807) is 12.1 Å². The van der Waals surface area contributed by atoms with Gasteiger partial charge in [-0.3, -0.25) is 4.98 Å². The first kappa shape index (κ1) is 23.9. The van der Waals surface area contributed by atoms with Crippen LogP contribution in [-0.2, 0) is 13.0 Å². The Kier molecular flexibility index (Phi) is 8.81. The van der Waals surface area contributed by atoms with E-state index < -0.39 is 0 Å². The molecule has 0 saturated carbocycles. The van der Waals surface area contributed by atoms with Crippen molar-refractivity contribution in [1.82, 2.24) is 25.8 Å². The molecule has 0 saturated heterocycles. The molecular formula is C23H24ClIN6O. The van der Waals surface area contributed by atoms with Gasteiger partial charge in [-0.15, -0.1) is 24.0 Å². The number of nitrogens with one attached hydrogen (secondary N) is 2. The Morgan fingerprint density at radius 2 is 1.88 bits per heavy atom. The van der Waals surface area contributed by atoms with Gasteiger partial charge in [0, 0.05) is 41.7 Å². The fourth-order valence-electron chi connectivity index (χ4n) is 3.16. The first-order chi connectivity index (χ1) is 15.2. The standard InChI is InChI=1S/C23H23ClN6O.HI/c1-2-25-23(28-15-17-11-13-26-20-6-4-3-5-19(17)20)27-14-12-21-29-22(30-31-21)16-7-9-18(24)10-8-16;/h3-11,13H,2,12,14-15H2,1H3,(H2,25,27,28);1H. The second-order valence-corrected chi connectivity index (χ2v) is 7.31. The highest BCUT2D eigenvalue weighted by atomic mass is 127. The van der Waals surface area contributed by atoms with Crippen LogP contribution < -0.4 is 10.6 Å². The van der Waals surface area contributed by atoms with Gasteiger partial charge in [-0.25, -0.2) is 4.99 Å². The molecule has 0 unspecified atom stereocenters. The minimum Gasteiger partial charge on any atom is -0.357 e. The van der Waals surface area contributed by atoms with Crippen molar-refractivity contribution in [3.05, 3.63) is 77.3 Å². The van der Waals surface area contributed by atoms with Crippen molar-refractivity contribution >= 4 is 52.4 Å². The number of aliphatic imine (C=N–C) groups is 1. The predicted molar refractivity (Wildman–Crippen MR) is 138 cm³/mol. The largest absolute Gasteiger partial charge is 0.357 e. The summed E-state index contributed by atoms with van der Waals surface area (Å²) < 4.78 is 5.37. The van der Waals surface area contributed by atoms with Gasteiger partial charge in [0.25, 0.3) is 0 Å². The SMILES string of the molecule is CCNC(=NCc1ccnc2ccccc12)NCCc1nc(-c2ccc(Cl)cc2)no1.I. The number of para-hydroxylation sites is 1. The summed E-state index contributed by atoms with van der Waals surface area (Å²) in [6.45, 7) is 3.98. The fourth-order valence-corrected chi connectivity index (χ4v) is 3.29. The van der Waals surface area contributed by atoms with Crippen LogP contribution in [0.3, 0.4) is 0 Å². The lowest BCUT2D eigenvalue weighted by Gasteiger charge is -2.11. The van der Waals surface area contributed by atoms with E-state index in [0.717, 1.165) is 34.5 Å². The van der Waals surface area contributed by atoms with E-state index in [1.165, 1.54) is 0 Å². The Hall–Kier alpha value is -2.72. The van der Waals surface area contributed by atoms with Crippen LogP contribution in [0.15, 0.2) is 70.3 Å². The maximum atomic E-state index is 5.93.